The summed E-state index contributed by atoms with van der Waals surface area (Å²) in [6.45, 7) is 3.69. The first-order valence-electron chi connectivity index (χ1n) is 6.62. The van der Waals surface area contributed by atoms with Crippen LogP contribution in [-0.2, 0) is 17.8 Å². The lowest BCUT2D eigenvalue weighted by molar-refractivity contribution is -0.114. The van der Waals surface area contributed by atoms with Crippen molar-refractivity contribution in [3.8, 4) is 0 Å². The summed E-state index contributed by atoms with van der Waals surface area (Å²) in [5.41, 5.74) is 2.09. The highest BCUT2D eigenvalue weighted by Crippen LogP contribution is 2.16. The topological polar surface area (TPSA) is 99.8 Å². The van der Waals surface area contributed by atoms with Crippen molar-refractivity contribution in [2.75, 3.05) is 5.32 Å². The summed E-state index contributed by atoms with van der Waals surface area (Å²) >= 11 is 0. The highest BCUT2D eigenvalue weighted by atomic mass is 16.2. The first kappa shape index (κ1) is 14.7. The molecule has 110 valence electrons. The van der Waals surface area contributed by atoms with Gasteiger partial charge < -0.3 is 10.6 Å². The van der Waals surface area contributed by atoms with Gasteiger partial charge >= 0.3 is 0 Å². The van der Waals surface area contributed by atoms with Gasteiger partial charge in [-0.25, -0.2) is 4.98 Å². The zero-order valence-corrected chi connectivity index (χ0v) is 11.9. The number of rotatable bonds is 5. The van der Waals surface area contributed by atoms with Crippen molar-refractivity contribution in [3.05, 3.63) is 41.5 Å². The van der Waals surface area contributed by atoms with Gasteiger partial charge in [-0.1, -0.05) is 6.92 Å². The fourth-order valence-electron chi connectivity index (χ4n) is 1.88. The van der Waals surface area contributed by atoms with Crippen LogP contribution in [0.1, 0.15) is 35.6 Å². The molecule has 0 aliphatic rings. The Morgan fingerprint density at radius 1 is 1.29 bits per heavy atom. The molecule has 0 radical (unpaired) electrons. The van der Waals surface area contributed by atoms with Crippen molar-refractivity contribution < 1.29 is 9.59 Å². The van der Waals surface area contributed by atoms with E-state index in [0.29, 0.717) is 17.1 Å². The fourth-order valence-corrected chi connectivity index (χ4v) is 1.88. The van der Waals surface area contributed by atoms with Gasteiger partial charge in [0.1, 0.15) is 12.2 Å². The molecule has 7 nitrogen and oxygen atoms in total. The molecular weight excluding hydrogens is 270 g/mol. The molecule has 0 unspecified atom stereocenters. The van der Waals surface area contributed by atoms with E-state index in [4.69, 9.17) is 0 Å². The highest BCUT2D eigenvalue weighted by Gasteiger charge is 2.09. The number of carbonyl (C=O) groups excluding carboxylic acids is 2. The van der Waals surface area contributed by atoms with Crippen LogP contribution in [0.25, 0.3) is 0 Å². The average molecular weight is 287 g/mol. The molecule has 0 atom stereocenters. The quantitative estimate of drug-likeness (QED) is 0.770. The molecule has 21 heavy (non-hydrogen) atoms. The Morgan fingerprint density at radius 3 is 2.71 bits per heavy atom. The molecule has 2 aromatic rings. The van der Waals surface area contributed by atoms with E-state index in [-0.39, 0.29) is 18.4 Å². The SMILES string of the molecule is CCc1cc(NC(C)=O)cc(C(=O)NCc2ncn[nH]2)c1. The molecular formula is C14H17N5O2. The number of nitrogens with one attached hydrogen (secondary N) is 3. The molecule has 0 bridgehead atoms. The van der Waals surface area contributed by atoms with Crippen LogP contribution in [0.2, 0.25) is 0 Å². The molecule has 7 heteroatoms. The summed E-state index contributed by atoms with van der Waals surface area (Å²) in [6, 6.07) is 5.31. The Kier molecular flexibility index (Phi) is 4.65. The standard InChI is InChI=1S/C14H17N5O2/c1-3-10-4-11(6-12(5-10)18-9(2)20)14(21)15-7-13-16-8-17-19-13/h4-6,8H,3,7H2,1-2H3,(H,15,21)(H,18,20)(H,16,17,19). The van der Waals surface area contributed by atoms with Gasteiger partial charge in [0, 0.05) is 18.2 Å². The molecule has 0 saturated heterocycles. The molecule has 1 heterocycles. The van der Waals surface area contributed by atoms with Crippen LogP contribution in [-0.4, -0.2) is 27.0 Å². The first-order chi connectivity index (χ1) is 10.1. The second kappa shape index (κ2) is 6.65. The van der Waals surface area contributed by atoms with Crippen molar-refractivity contribution in [2.45, 2.75) is 26.8 Å². The van der Waals surface area contributed by atoms with E-state index in [1.54, 1.807) is 12.1 Å². The molecule has 0 aliphatic heterocycles. The van der Waals surface area contributed by atoms with Crippen LogP contribution in [0, 0.1) is 0 Å². The van der Waals surface area contributed by atoms with Crippen molar-refractivity contribution in [3.63, 3.8) is 0 Å². The highest BCUT2D eigenvalue weighted by molar-refractivity contribution is 5.97. The predicted molar refractivity (Wildman–Crippen MR) is 77.7 cm³/mol. The number of amides is 2. The Hall–Kier alpha value is -2.70. The number of aryl methyl sites for hydroxylation is 1. The lowest BCUT2D eigenvalue weighted by Crippen LogP contribution is -2.23. The first-order valence-corrected chi connectivity index (χ1v) is 6.62. The summed E-state index contributed by atoms with van der Waals surface area (Å²) in [7, 11) is 0. The van der Waals surface area contributed by atoms with E-state index in [1.807, 2.05) is 13.0 Å². The molecule has 3 N–H and O–H groups in total. The van der Waals surface area contributed by atoms with Crippen LogP contribution in [0.4, 0.5) is 5.69 Å². The minimum atomic E-state index is -0.228. The van der Waals surface area contributed by atoms with E-state index in [0.717, 1.165) is 12.0 Å². The van der Waals surface area contributed by atoms with E-state index in [1.165, 1.54) is 13.3 Å². The molecule has 1 aromatic carbocycles. The number of carbonyl (C=O) groups is 2. The van der Waals surface area contributed by atoms with Crippen LogP contribution in [0.15, 0.2) is 24.5 Å². The normalized spacial score (nSPS) is 10.2. The monoisotopic (exact) mass is 287 g/mol. The summed E-state index contributed by atoms with van der Waals surface area (Å²) in [6.07, 6.45) is 2.16. The van der Waals surface area contributed by atoms with Crippen LogP contribution in [0.5, 0.6) is 0 Å². The van der Waals surface area contributed by atoms with E-state index in [2.05, 4.69) is 25.8 Å². The van der Waals surface area contributed by atoms with Gasteiger partial charge in [-0.2, -0.15) is 5.10 Å². The number of benzene rings is 1. The molecule has 0 aliphatic carbocycles. The van der Waals surface area contributed by atoms with Gasteiger partial charge in [0.15, 0.2) is 0 Å². The second-order valence-corrected chi connectivity index (χ2v) is 4.57. The van der Waals surface area contributed by atoms with Gasteiger partial charge in [-0.15, -0.1) is 0 Å². The Balaban J connectivity index is 2.13. The van der Waals surface area contributed by atoms with Crippen LogP contribution < -0.4 is 10.6 Å². The van der Waals surface area contributed by atoms with E-state index in [9.17, 15) is 9.59 Å². The molecule has 0 spiro atoms. The molecule has 0 saturated carbocycles. The Morgan fingerprint density at radius 2 is 2.10 bits per heavy atom. The minimum absolute atomic E-state index is 0.170. The summed E-state index contributed by atoms with van der Waals surface area (Å²) in [4.78, 5) is 27.2. The number of hydrogen-bond donors (Lipinski definition) is 3. The van der Waals surface area contributed by atoms with Crippen LogP contribution >= 0.6 is 0 Å². The zero-order valence-electron chi connectivity index (χ0n) is 11.9. The van der Waals surface area contributed by atoms with Crippen molar-refractivity contribution in [2.24, 2.45) is 0 Å². The lowest BCUT2D eigenvalue weighted by Gasteiger charge is -2.09. The van der Waals surface area contributed by atoms with E-state index < -0.39 is 0 Å². The molecule has 2 amide bonds. The third-order valence-corrected chi connectivity index (χ3v) is 2.86. The Labute approximate surface area is 122 Å². The van der Waals surface area contributed by atoms with Crippen molar-refractivity contribution >= 4 is 17.5 Å². The van der Waals surface area contributed by atoms with Crippen LogP contribution in [0.3, 0.4) is 0 Å². The van der Waals surface area contributed by atoms with Crippen molar-refractivity contribution in [1.29, 1.82) is 0 Å². The number of aromatic amines is 1. The summed E-state index contributed by atoms with van der Waals surface area (Å²) in [5.74, 6) is 0.182. The summed E-state index contributed by atoms with van der Waals surface area (Å²) in [5, 5.41) is 11.8. The zero-order chi connectivity index (χ0) is 15.2. The van der Waals surface area contributed by atoms with Gasteiger partial charge in [0.05, 0.1) is 6.54 Å². The van der Waals surface area contributed by atoms with E-state index >= 15 is 0 Å². The lowest BCUT2D eigenvalue weighted by atomic mass is 10.1. The summed E-state index contributed by atoms with van der Waals surface area (Å²) < 4.78 is 0. The number of aromatic nitrogens is 3. The minimum Gasteiger partial charge on any atom is -0.345 e. The molecule has 2 rings (SSSR count). The fraction of sp³-hybridized carbons (Fsp3) is 0.286. The third kappa shape index (κ3) is 4.13. The maximum atomic E-state index is 12.2. The maximum Gasteiger partial charge on any atom is 0.251 e. The largest absolute Gasteiger partial charge is 0.345 e. The molecule has 1 aromatic heterocycles. The van der Waals surface area contributed by atoms with Crippen molar-refractivity contribution in [1.82, 2.24) is 20.5 Å². The van der Waals surface area contributed by atoms with Gasteiger partial charge in [-0.3, -0.25) is 14.7 Å². The smallest absolute Gasteiger partial charge is 0.251 e. The maximum absolute atomic E-state index is 12.2. The number of nitrogens with zero attached hydrogens (tertiary/aromatic N) is 2. The number of anilines is 1. The number of hydrogen-bond acceptors (Lipinski definition) is 4. The molecule has 0 fully saturated rings. The van der Waals surface area contributed by atoms with Gasteiger partial charge in [0.2, 0.25) is 5.91 Å². The second-order valence-electron chi connectivity index (χ2n) is 4.57. The third-order valence-electron chi connectivity index (χ3n) is 2.86. The van der Waals surface area contributed by atoms with Gasteiger partial charge in [0.25, 0.3) is 5.91 Å². The Bertz CT molecular complexity index is 637. The average Bonchev–Trinajstić information content (AvgIpc) is 2.96. The van der Waals surface area contributed by atoms with Gasteiger partial charge in [-0.05, 0) is 30.2 Å². The number of H-pyrrole nitrogens is 1. The predicted octanol–water partition coefficient (Wildman–Crippen LogP) is 1.26.